The van der Waals surface area contributed by atoms with Gasteiger partial charge in [-0.25, -0.2) is 0 Å². The number of nitrogens with two attached hydrogens (primary N) is 2. The van der Waals surface area contributed by atoms with Crippen LogP contribution < -0.4 is 16.8 Å². The van der Waals surface area contributed by atoms with Crippen LogP contribution in [0.5, 0.6) is 0 Å². The number of hydrogen-bond donors (Lipinski definition) is 3. The predicted octanol–water partition coefficient (Wildman–Crippen LogP) is 0.851. The average Bonchev–Trinajstić information content (AvgIpc) is 2.81. The van der Waals surface area contributed by atoms with Crippen LogP contribution in [-0.4, -0.2) is 16.0 Å². The summed E-state index contributed by atoms with van der Waals surface area (Å²) >= 11 is 0. The molecule has 0 radical (unpaired) electrons. The lowest BCUT2D eigenvalue weighted by Gasteiger charge is -2.05. The van der Waals surface area contributed by atoms with Gasteiger partial charge in [-0.05, 0) is 12.3 Å². The van der Waals surface area contributed by atoms with E-state index in [1.54, 1.807) is 6.07 Å². The summed E-state index contributed by atoms with van der Waals surface area (Å²) in [6.07, 6.45) is 2.41. The summed E-state index contributed by atoms with van der Waals surface area (Å²) in [6, 6.07) is 2.25. The molecule has 2 unspecified atom stereocenters. The SMILES string of the molecule is CCC1CC1Nc1cc(N)nc(N)n1. The van der Waals surface area contributed by atoms with Crippen molar-refractivity contribution in [1.29, 1.82) is 0 Å². The Morgan fingerprint density at radius 1 is 1.50 bits per heavy atom. The molecule has 1 fully saturated rings. The monoisotopic (exact) mass is 193 g/mol. The van der Waals surface area contributed by atoms with Crippen molar-refractivity contribution in [3.8, 4) is 0 Å². The molecular formula is C9H15N5. The fourth-order valence-corrected chi connectivity index (χ4v) is 1.62. The molecular weight excluding hydrogens is 178 g/mol. The van der Waals surface area contributed by atoms with Gasteiger partial charge in [0.15, 0.2) is 0 Å². The Bertz CT molecular complexity index is 318. The van der Waals surface area contributed by atoms with E-state index in [-0.39, 0.29) is 5.95 Å². The fourth-order valence-electron chi connectivity index (χ4n) is 1.62. The van der Waals surface area contributed by atoms with Crippen LogP contribution in [0.2, 0.25) is 0 Å². The summed E-state index contributed by atoms with van der Waals surface area (Å²) in [5.74, 6) is 2.14. The van der Waals surface area contributed by atoms with Crippen molar-refractivity contribution in [2.24, 2.45) is 5.92 Å². The summed E-state index contributed by atoms with van der Waals surface area (Å²) < 4.78 is 0. The van der Waals surface area contributed by atoms with Gasteiger partial charge >= 0.3 is 0 Å². The first-order chi connectivity index (χ1) is 6.69. The van der Waals surface area contributed by atoms with Crippen LogP contribution in [0, 0.1) is 5.92 Å². The van der Waals surface area contributed by atoms with Crippen LogP contribution in [-0.2, 0) is 0 Å². The maximum absolute atomic E-state index is 5.55. The normalized spacial score (nSPS) is 24.6. The van der Waals surface area contributed by atoms with Crippen LogP contribution in [0.1, 0.15) is 19.8 Å². The van der Waals surface area contributed by atoms with Gasteiger partial charge in [-0.2, -0.15) is 9.97 Å². The van der Waals surface area contributed by atoms with E-state index in [9.17, 15) is 0 Å². The van der Waals surface area contributed by atoms with Crippen LogP contribution in [0.25, 0.3) is 0 Å². The number of nitrogens with zero attached hydrogens (tertiary/aromatic N) is 2. The van der Waals surface area contributed by atoms with E-state index in [4.69, 9.17) is 11.5 Å². The van der Waals surface area contributed by atoms with Crippen LogP contribution in [0.3, 0.4) is 0 Å². The molecule has 0 spiro atoms. The molecule has 2 atom stereocenters. The minimum absolute atomic E-state index is 0.223. The third kappa shape index (κ3) is 1.86. The molecule has 0 amide bonds. The van der Waals surface area contributed by atoms with E-state index in [0.29, 0.717) is 11.9 Å². The smallest absolute Gasteiger partial charge is 0.223 e. The van der Waals surface area contributed by atoms with Gasteiger partial charge < -0.3 is 16.8 Å². The molecule has 2 rings (SSSR count). The molecule has 0 saturated heterocycles. The molecule has 14 heavy (non-hydrogen) atoms. The first-order valence-corrected chi connectivity index (χ1v) is 4.85. The van der Waals surface area contributed by atoms with Gasteiger partial charge in [0.1, 0.15) is 11.6 Å². The van der Waals surface area contributed by atoms with Crippen molar-refractivity contribution >= 4 is 17.6 Å². The van der Waals surface area contributed by atoms with Crippen molar-refractivity contribution in [2.75, 3.05) is 16.8 Å². The highest BCUT2D eigenvalue weighted by molar-refractivity contribution is 5.49. The summed E-state index contributed by atoms with van der Waals surface area (Å²) in [6.45, 7) is 2.19. The van der Waals surface area contributed by atoms with Gasteiger partial charge in [-0.15, -0.1) is 0 Å². The number of nitrogens with one attached hydrogen (secondary N) is 1. The van der Waals surface area contributed by atoms with E-state index in [2.05, 4.69) is 22.2 Å². The molecule has 0 aromatic carbocycles. The number of rotatable bonds is 3. The zero-order valence-corrected chi connectivity index (χ0v) is 8.20. The zero-order valence-electron chi connectivity index (χ0n) is 8.20. The summed E-state index contributed by atoms with van der Waals surface area (Å²) in [7, 11) is 0. The molecule has 76 valence electrons. The lowest BCUT2D eigenvalue weighted by Crippen LogP contribution is -2.09. The maximum atomic E-state index is 5.55. The summed E-state index contributed by atoms with van der Waals surface area (Å²) in [4.78, 5) is 7.86. The number of hydrogen-bond acceptors (Lipinski definition) is 5. The molecule has 0 bridgehead atoms. The van der Waals surface area contributed by atoms with E-state index in [0.717, 1.165) is 11.7 Å². The highest BCUT2D eigenvalue weighted by atomic mass is 15.1. The van der Waals surface area contributed by atoms with E-state index in [1.807, 2.05) is 0 Å². The van der Waals surface area contributed by atoms with Gasteiger partial charge in [-0.1, -0.05) is 13.3 Å². The van der Waals surface area contributed by atoms with Crippen LogP contribution in [0.15, 0.2) is 6.07 Å². The maximum Gasteiger partial charge on any atom is 0.223 e. The quantitative estimate of drug-likeness (QED) is 0.662. The lowest BCUT2D eigenvalue weighted by atomic mass is 10.3. The van der Waals surface area contributed by atoms with Gasteiger partial charge in [0.2, 0.25) is 5.95 Å². The number of nitrogen functional groups attached to an aromatic ring is 2. The van der Waals surface area contributed by atoms with Crippen molar-refractivity contribution in [2.45, 2.75) is 25.8 Å². The Morgan fingerprint density at radius 3 is 2.86 bits per heavy atom. The highest BCUT2D eigenvalue weighted by Crippen LogP contribution is 2.35. The molecule has 5 heteroatoms. The van der Waals surface area contributed by atoms with Crippen molar-refractivity contribution in [1.82, 2.24) is 9.97 Å². The van der Waals surface area contributed by atoms with Gasteiger partial charge in [-0.3, -0.25) is 0 Å². The van der Waals surface area contributed by atoms with Crippen LogP contribution in [0.4, 0.5) is 17.6 Å². The fraction of sp³-hybridized carbons (Fsp3) is 0.556. The van der Waals surface area contributed by atoms with E-state index >= 15 is 0 Å². The molecule has 1 aliphatic rings. The summed E-state index contributed by atoms with van der Waals surface area (Å²) in [5.41, 5.74) is 11.0. The highest BCUT2D eigenvalue weighted by Gasteiger charge is 2.35. The third-order valence-corrected chi connectivity index (χ3v) is 2.54. The predicted molar refractivity (Wildman–Crippen MR) is 56.7 cm³/mol. The van der Waals surface area contributed by atoms with E-state index in [1.165, 1.54) is 12.8 Å². The first-order valence-electron chi connectivity index (χ1n) is 4.85. The van der Waals surface area contributed by atoms with Gasteiger partial charge in [0, 0.05) is 12.1 Å². The minimum Gasteiger partial charge on any atom is -0.383 e. The Kier molecular flexibility index (Phi) is 2.15. The van der Waals surface area contributed by atoms with Gasteiger partial charge in [0.05, 0.1) is 0 Å². The van der Waals surface area contributed by atoms with Crippen molar-refractivity contribution in [3.63, 3.8) is 0 Å². The number of aromatic nitrogens is 2. The number of anilines is 3. The van der Waals surface area contributed by atoms with E-state index < -0.39 is 0 Å². The molecule has 5 N–H and O–H groups in total. The Hall–Kier alpha value is -1.52. The molecule has 1 aliphatic carbocycles. The first kappa shape index (κ1) is 9.05. The third-order valence-electron chi connectivity index (χ3n) is 2.54. The summed E-state index contributed by atoms with van der Waals surface area (Å²) in [5, 5.41) is 3.29. The lowest BCUT2D eigenvalue weighted by molar-refractivity contribution is 0.773. The molecule has 1 aromatic heterocycles. The standard InChI is InChI=1S/C9H15N5/c1-2-5-3-6(5)12-8-4-7(10)13-9(11)14-8/h4-6H,2-3H2,1H3,(H5,10,11,12,13,14). The molecule has 1 aromatic rings. The molecule has 1 saturated carbocycles. The Balaban J connectivity index is 2.03. The topological polar surface area (TPSA) is 89.8 Å². The average molecular weight is 193 g/mol. The Labute approximate surface area is 82.9 Å². The second kappa shape index (κ2) is 3.32. The Morgan fingerprint density at radius 2 is 2.29 bits per heavy atom. The largest absolute Gasteiger partial charge is 0.383 e. The van der Waals surface area contributed by atoms with Crippen molar-refractivity contribution in [3.05, 3.63) is 6.07 Å². The van der Waals surface area contributed by atoms with Crippen LogP contribution >= 0.6 is 0 Å². The molecule has 0 aliphatic heterocycles. The second-order valence-corrected chi connectivity index (χ2v) is 3.69. The molecule has 5 nitrogen and oxygen atoms in total. The van der Waals surface area contributed by atoms with Gasteiger partial charge in [0.25, 0.3) is 0 Å². The zero-order chi connectivity index (χ0) is 10.1. The molecule has 1 heterocycles. The second-order valence-electron chi connectivity index (χ2n) is 3.69. The van der Waals surface area contributed by atoms with Crippen molar-refractivity contribution < 1.29 is 0 Å². The minimum atomic E-state index is 0.223.